The monoisotopic (exact) mass is 265 g/mol. The van der Waals surface area contributed by atoms with E-state index in [0.29, 0.717) is 5.69 Å². The van der Waals surface area contributed by atoms with Gasteiger partial charge in [-0.15, -0.1) is 0 Å². The lowest BCUT2D eigenvalue weighted by Crippen LogP contribution is -2.51. The molecular formula is C14H20FN3O. The van der Waals surface area contributed by atoms with E-state index in [-0.39, 0.29) is 23.9 Å². The van der Waals surface area contributed by atoms with Gasteiger partial charge in [-0.05, 0) is 37.1 Å². The van der Waals surface area contributed by atoms with Gasteiger partial charge in [0.15, 0.2) is 0 Å². The van der Waals surface area contributed by atoms with Gasteiger partial charge in [0.2, 0.25) is 0 Å². The molecule has 0 heterocycles. The van der Waals surface area contributed by atoms with Gasteiger partial charge >= 0.3 is 6.03 Å². The highest BCUT2D eigenvalue weighted by Gasteiger charge is 2.28. The summed E-state index contributed by atoms with van der Waals surface area (Å²) in [7, 11) is 1.76. The lowest BCUT2D eigenvalue weighted by molar-refractivity contribution is 0.174. The van der Waals surface area contributed by atoms with Crippen LogP contribution < -0.4 is 11.1 Å². The van der Waals surface area contributed by atoms with Gasteiger partial charge in [-0.3, -0.25) is 0 Å². The van der Waals surface area contributed by atoms with Gasteiger partial charge in [-0.1, -0.05) is 12.8 Å². The summed E-state index contributed by atoms with van der Waals surface area (Å²) in [6.45, 7) is 0. The molecule has 104 valence electrons. The van der Waals surface area contributed by atoms with E-state index in [0.717, 1.165) is 25.7 Å². The van der Waals surface area contributed by atoms with Gasteiger partial charge in [0, 0.05) is 24.8 Å². The Balaban J connectivity index is 1.96. The third kappa shape index (κ3) is 3.44. The average molecular weight is 265 g/mol. The zero-order valence-corrected chi connectivity index (χ0v) is 11.1. The van der Waals surface area contributed by atoms with E-state index in [1.807, 2.05) is 0 Å². The standard InChI is InChI=1S/C14H20FN3O/c1-18(13-5-3-2-4-12(13)16)14(19)17-11-8-6-10(15)7-9-11/h6-9,12-13H,2-5,16H2,1H3,(H,17,19). The normalized spacial score (nSPS) is 22.9. The number of carbonyl (C=O) groups excluding carboxylic acids is 1. The van der Waals surface area contributed by atoms with Crippen LogP contribution in [-0.4, -0.2) is 30.1 Å². The minimum atomic E-state index is -0.319. The number of hydrogen-bond donors (Lipinski definition) is 2. The molecule has 0 aliphatic heterocycles. The van der Waals surface area contributed by atoms with E-state index < -0.39 is 0 Å². The summed E-state index contributed by atoms with van der Waals surface area (Å²) in [5, 5.41) is 2.75. The van der Waals surface area contributed by atoms with Crippen LogP contribution in [0.5, 0.6) is 0 Å². The van der Waals surface area contributed by atoms with E-state index in [9.17, 15) is 9.18 Å². The van der Waals surface area contributed by atoms with Crippen molar-refractivity contribution in [3.05, 3.63) is 30.1 Å². The Labute approximate surface area is 112 Å². The lowest BCUT2D eigenvalue weighted by atomic mass is 9.90. The molecule has 1 aliphatic carbocycles. The van der Waals surface area contributed by atoms with Crippen LogP contribution in [0.25, 0.3) is 0 Å². The van der Waals surface area contributed by atoms with Crippen molar-refractivity contribution in [1.29, 1.82) is 0 Å². The molecule has 1 aromatic carbocycles. The number of likely N-dealkylation sites (N-methyl/N-ethyl adjacent to an activating group) is 1. The van der Waals surface area contributed by atoms with Gasteiger partial charge in [-0.25, -0.2) is 9.18 Å². The number of hydrogen-bond acceptors (Lipinski definition) is 2. The molecule has 4 nitrogen and oxygen atoms in total. The van der Waals surface area contributed by atoms with Crippen molar-refractivity contribution in [3.8, 4) is 0 Å². The third-order valence-electron chi connectivity index (χ3n) is 3.69. The minimum Gasteiger partial charge on any atom is -0.326 e. The molecule has 0 bridgehead atoms. The van der Waals surface area contributed by atoms with Gasteiger partial charge < -0.3 is 16.0 Å². The first-order valence-corrected chi connectivity index (χ1v) is 6.63. The van der Waals surface area contributed by atoms with Crippen molar-refractivity contribution >= 4 is 11.7 Å². The topological polar surface area (TPSA) is 58.4 Å². The molecule has 1 aromatic rings. The number of amides is 2. The van der Waals surface area contributed by atoms with Gasteiger partial charge in [0.1, 0.15) is 5.82 Å². The maximum atomic E-state index is 12.8. The highest BCUT2D eigenvalue weighted by molar-refractivity contribution is 5.89. The Morgan fingerprint density at radius 2 is 1.95 bits per heavy atom. The fourth-order valence-corrected chi connectivity index (χ4v) is 2.52. The number of carbonyl (C=O) groups is 1. The first-order valence-electron chi connectivity index (χ1n) is 6.63. The maximum Gasteiger partial charge on any atom is 0.321 e. The number of benzene rings is 1. The Kier molecular flexibility index (Phi) is 4.37. The first kappa shape index (κ1) is 13.8. The second-order valence-electron chi connectivity index (χ2n) is 5.06. The number of anilines is 1. The molecule has 2 unspecified atom stereocenters. The summed E-state index contributed by atoms with van der Waals surface area (Å²) in [4.78, 5) is 13.8. The Morgan fingerprint density at radius 1 is 1.32 bits per heavy atom. The predicted octanol–water partition coefficient (Wildman–Crippen LogP) is 2.56. The molecule has 19 heavy (non-hydrogen) atoms. The molecular weight excluding hydrogens is 245 g/mol. The van der Waals surface area contributed by atoms with Crippen LogP contribution in [0.1, 0.15) is 25.7 Å². The molecule has 0 radical (unpaired) electrons. The van der Waals surface area contributed by atoms with Crippen LogP contribution in [0.2, 0.25) is 0 Å². The van der Waals surface area contributed by atoms with Crippen molar-refractivity contribution < 1.29 is 9.18 Å². The molecule has 1 saturated carbocycles. The number of nitrogens with zero attached hydrogens (tertiary/aromatic N) is 1. The number of nitrogens with two attached hydrogens (primary N) is 1. The van der Waals surface area contributed by atoms with Crippen LogP contribution in [-0.2, 0) is 0 Å². The second kappa shape index (κ2) is 6.02. The van der Waals surface area contributed by atoms with Crippen LogP contribution in [0.4, 0.5) is 14.9 Å². The Morgan fingerprint density at radius 3 is 2.58 bits per heavy atom. The number of rotatable bonds is 2. The number of urea groups is 1. The Bertz CT molecular complexity index is 435. The smallest absolute Gasteiger partial charge is 0.321 e. The second-order valence-corrected chi connectivity index (χ2v) is 5.06. The molecule has 2 atom stereocenters. The van der Waals surface area contributed by atoms with Gasteiger partial charge in [0.05, 0.1) is 0 Å². The molecule has 3 N–H and O–H groups in total. The molecule has 5 heteroatoms. The first-order chi connectivity index (χ1) is 9.08. The van der Waals surface area contributed by atoms with Gasteiger partial charge in [0.25, 0.3) is 0 Å². The zero-order valence-electron chi connectivity index (χ0n) is 11.1. The molecule has 1 aliphatic rings. The van der Waals surface area contributed by atoms with Crippen molar-refractivity contribution in [2.24, 2.45) is 5.73 Å². The summed E-state index contributed by atoms with van der Waals surface area (Å²) in [6, 6.07) is 5.65. The van der Waals surface area contributed by atoms with Crippen LogP contribution in [0, 0.1) is 5.82 Å². The third-order valence-corrected chi connectivity index (χ3v) is 3.69. The molecule has 0 aromatic heterocycles. The summed E-state index contributed by atoms with van der Waals surface area (Å²) in [6.07, 6.45) is 4.13. The van der Waals surface area contributed by atoms with E-state index in [2.05, 4.69) is 5.32 Å². The lowest BCUT2D eigenvalue weighted by Gasteiger charge is -2.35. The van der Waals surface area contributed by atoms with Crippen molar-refractivity contribution in [2.45, 2.75) is 37.8 Å². The predicted molar refractivity (Wildman–Crippen MR) is 73.4 cm³/mol. The molecule has 2 amide bonds. The Hall–Kier alpha value is -1.62. The van der Waals surface area contributed by atoms with Gasteiger partial charge in [-0.2, -0.15) is 0 Å². The van der Waals surface area contributed by atoms with Crippen LogP contribution >= 0.6 is 0 Å². The zero-order chi connectivity index (χ0) is 13.8. The van der Waals surface area contributed by atoms with Crippen molar-refractivity contribution in [3.63, 3.8) is 0 Å². The fraction of sp³-hybridized carbons (Fsp3) is 0.500. The van der Waals surface area contributed by atoms with E-state index in [1.54, 1.807) is 24.1 Å². The molecule has 0 spiro atoms. The SMILES string of the molecule is CN(C(=O)Nc1ccc(F)cc1)C1CCCCC1N. The largest absolute Gasteiger partial charge is 0.326 e. The summed E-state index contributed by atoms with van der Waals surface area (Å²) in [5.74, 6) is -0.319. The van der Waals surface area contributed by atoms with E-state index >= 15 is 0 Å². The van der Waals surface area contributed by atoms with E-state index in [1.165, 1.54) is 12.1 Å². The average Bonchev–Trinajstić information content (AvgIpc) is 2.41. The molecule has 1 fully saturated rings. The van der Waals surface area contributed by atoms with Crippen LogP contribution in [0.3, 0.4) is 0 Å². The minimum absolute atomic E-state index is 0.0396. The summed E-state index contributed by atoms with van der Waals surface area (Å²) in [5.41, 5.74) is 6.65. The van der Waals surface area contributed by atoms with E-state index in [4.69, 9.17) is 5.73 Å². The number of halogens is 1. The highest BCUT2D eigenvalue weighted by atomic mass is 19.1. The van der Waals surface area contributed by atoms with Crippen molar-refractivity contribution in [1.82, 2.24) is 4.90 Å². The van der Waals surface area contributed by atoms with Crippen LogP contribution in [0.15, 0.2) is 24.3 Å². The highest BCUT2D eigenvalue weighted by Crippen LogP contribution is 2.21. The molecule has 0 saturated heterocycles. The quantitative estimate of drug-likeness (QED) is 0.863. The summed E-state index contributed by atoms with van der Waals surface area (Å²) >= 11 is 0. The van der Waals surface area contributed by atoms with Crippen molar-refractivity contribution in [2.75, 3.05) is 12.4 Å². The maximum absolute atomic E-state index is 12.8. The molecule has 2 rings (SSSR count). The number of nitrogens with one attached hydrogen (secondary N) is 1. The fourth-order valence-electron chi connectivity index (χ4n) is 2.52. The summed E-state index contributed by atoms with van der Waals surface area (Å²) < 4.78 is 12.8.